The first-order valence-electron chi connectivity index (χ1n) is 6.19. The molecule has 0 fully saturated rings. The normalized spacial score (nSPS) is 12.3. The van der Waals surface area contributed by atoms with Crippen molar-refractivity contribution in [2.75, 3.05) is 5.73 Å². The second-order valence-corrected chi connectivity index (χ2v) is 4.98. The van der Waals surface area contributed by atoms with Gasteiger partial charge < -0.3 is 5.73 Å². The number of anilines is 1. The number of nitrogen functional groups attached to an aromatic ring is 1. The molecule has 20 heavy (non-hydrogen) atoms. The summed E-state index contributed by atoms with van der Waals surface area (Å²) in [5.41, 5.74) is 9.85. The van der Waals surface area contributed by atoms with Crippen LogP contribution in [0.25, 0.3) is 0 Å². The first-order chi connectivity index (χ1) is 9.60. The highest BCUT2D eigenvalue weighted by Crippen LogP contribution is 2.20. The highest BCUT2D eigenvalue weighted by Gasteiger charge is 2.13. The maximum atomic E-state index is 13.9. The Kier molecular flexibility index (Phi) is 4.89. The molecule has 6 heteroatoms. The zero-order valence-corrected chi connectivity index (χ0v) is 11.6. The molecule has 0 amide bonds. The van der Waals surface area contributed by atoms with Crippen molar-refractivity contribution in [3.63, 3.8) is 0 Å². The van der Waals surface area contributed by atoms with E-state index in [-0.39, 0.29) is 11.1 Å². The van der Waals surface area contributed by atoms with Crippen LogP contribution in [0.15, 0.2) is 36.5 Å². The highest BCUT2D eigenvalue weighted by molar-refractivity contribution is 6.30. The topological polar surface area (TPSA) is 77.0 Å². The molecule has 0 aliphatic carbocycles. The van der Waals surface area contributed by atoms with Crippen molar-refractivity contribution in [2.24, 2.45) is 5.84 Å². The highest BCUT2D eigenvalue weighted by atomic mass is 35.5. The number of aromatic nitrogens is 1. The van der Waals surface area contributed by atoms with Crippen LogP contribution in [0.2, 0.25) is 5.02 Å². The van der Waals surface area contributed by atoms with E-state index in [4.69, 9.17) is 23.2 Å². The molecular weight excluding hydrogens is 279 g/mol. The smallest absolute Gasteiger partial charge is 0.145 e. The number of rotatable bonds is 5. The standard InChI is InChI=1S/C14H16ClFN4/c15-12-3-1-2-10(14(12)16)8-11(20-18)6-9-4-5-19-13(17)7-9/h1-5,7,11,20H,6,8,18H2,(H2,17,19). The second kappa shape index (κ2) is 6.65. The van der Waals surface area contributed by atoms with Gasteiger partial charge in [0.15, 0.2) is 0 Å². The summed E-state index contributed by atoms with van der Waals surface area (Å²) in [6.07, 6.45) is 2.69. The van der Waals surface area contributed by atoms with E-state index >= 15 is 0 Å². The van der Waals surface area contributed by atoms with Crippen LogP contribution in [0.5, 0.6) is 0 Å². The third-order valence-corrected chi connectivity index (χ3v) is 3.35. The maximum Gasteiger partial charge on any atom is 0.145 e. The molecule has 5 N–H and O–H groups in total. The van der Waals surface area contributed by atoms with E-state index in [0.717, 1.165) is 5.56 Å². The van der Waals surface area contributed by atoms with Gasteiger partial charge in [-0.1, -0.05) is 23.7 Å². The molecular formula is C14H16ClFN4. The summed E-state index contributed by atoms with van der Waals surface area (Å²) in [6, 6.07) is 8.46. The molecule has 0 saturated heterocycles. The lowest BCUT2D eigenvalue weighted by atomic mass is 9.99. The Morgan fingerprint density at radius 3 is 2.80 bits per heavy atom. The molecule has 2 aromatic rings. The van der Waals surface area contributed by atoms with Crippen LogP contribution >= 0.6 is 11.6 Å². The molecule has 106 valence electrons. The monoisotopic (exact) mass is 294 g/mol. The number of nitrogens with one attached hydrogen (secondary N) is 1. The summed E-state index contributed by atoms with van der Waals surface area (Å²) in [5.74, 6) is 5.59. The lowest BCUT2D eigenvalue weighted by Gasteiger charge is -2.17. The molecule has 0 aliphatic heterocycles. The van der Waals surface area contributed by atoms with Crippen LogP contribution in [0.3, 0.4) is 0 Å². The molecule has 1 unspecified atom stereocenters. The molecule has 0 spiro atoms. The fourth-order valence-corrected chi connectivity index (χ4v) is 2.26. The summed E-state index contributed by atoms with van der Waals surface area (Å²) in [4.78, 5) is 3.93. The van der Waals surface area contributed by atoms with E-state index in [2.05, 4.69) is 10.4 Å². The van der Waals surface area contributed by atoms with Crippen LogP contribution in [0, 0.1) is 5.82 Å². The summed E-state index contributed by atoms with van der Waals surface area (Å²) >= 11 is 5.77. The number of hydrogen-bond donors (Lipinski definition) is 3. The van der Waals surface area contributed by atoms with Gasteiger partial charge >= 0.3 is 0 Å². The Bertz CT molecular complexity index is 591. The molecule has 1 aromatic heterocycles. The Labute approximate surface area is 121 Å². The van der Waals surface area contributed by atoms with Crippen LogP contribution in [0.4, 0.5) is 10.2 Å². The van der Waals surface area contributed by atoms with Crippen LogP contribution in [-0.2, 0) is 12.8 Å². The fraction of sp³-hybridized carbons (Fsp3) is 0.214. The van der Waals surface area contributed by atoms with Gasteiger partial charge in [0.05, 0.1) is 5.02 Å². The average molecular weight is 295 g/mol. The number of hydrazine groups is 1. The molecule has 1 heterocycles. The van der Waals surface area contributed by atoms with Crippen LogP contribution in [0.1, 0.15) is 11.1 Å². The Hall–Kier alpha value is -1.69. The summed E-state index contributed by atoms with van der Waals surface area (Å²) < 4.78 is 13.9. The van der Waals surface area contributed by atoms with Gasteiger partial charge in [0.25, 0.3) is 0 Å². The van der Waals surface area contributed by atoms with Gasteiger partial charge in [-0.2, -0.15) is 0 Å². The van der Waals surface area contributed by atoms with Gasteiger partial charge in [-0.15, -0.1) is 0 Å². The van der Waals surface area contributed by atoms with Crippen molar-refractivity contribution in [3.05, 3.63) is 58.5 Å². The zero-order chi connectivity index (χ0) is 14.5. The molecule has 0 saturated carbocycles. The van der Waals surface area contributed by atoms with Crippen LogP contribution in [-0.4, -0.2) is 11.0 Å². The van der Waals surface area contributed by atoms with E-state index in [1.807, 2.05) is 6.07 Å². The minimum atomic E-state index is -0.399. The van der Waals surface area contributed by atoms with E-state index in [0.29, 0.717) is 24.2 Å². The maximum absolute atomic E-state index is 13.9. The first-order valence-corrected chi connectivity index (χ1v) is 6.57. The SMILES string of the molecule is NNC(Cc1ccnc(N)c1)Cc1cccc(Cl)c1F. The van der Waals surface area contributed by atoms with Gasteiger partial charge in [-0.25, -0.2) is 9.37 Å². The fourth-order valence-electron chi connectivity index (χ4n) is 2.07. The number of pyridine rings is 1. The number of nitrogens with zero attached hydrogens (tertiary/aromatic N) is 1. The van der Waals surface area contributed by atoms with E-state index < -0.39 is 5.82 Å². The van der Waals surface area contributed by atoms with Crippen molar-refractivity contribution in [3.8, 4) is 0 Å². The van der Waals surface area contributed by atoms with Crippen molar-refractivity contribution in [2.45, 2.75) is 18.9 Å². The minimum absolute atomic E-state index is 0.117. The van der Waals surface area contributed by atoms with Gasteiger partial charge in [0.2, 0.25) is 0 Å². The summed E-state index contributed by atoms with van der Waals surface area (Å²) in [7, 11) is 0. The molecule has 1 aromatic carbocycles. The molecule has 0 aliphatic rings. The molecule has 2 rings (SSSR count). The zero-order valence-electron chi connectivity index (χ0n) is 10.8. The lowest BCUT2D eigenvalue weighted by molar-refractivity contribution is 0.506. The van der Waals surface area contributed by atoms with Crippen molar-refractivity contribution >= 4 is 17.4 Å². The minimum Gasteiger partial charge on any atom is -0.384 e. The van der Waals surface area contributed by atoms with E-state index in [1.165, 1.54) is 6.07 Å². The number of nitrogens with two attached hydrogens (primary N) is 2. The Morgan fingerprint density at radius 2 is 2.10 bits per heavy atom. The van der Waals surface area contributed by atoms with Gasteiger partial charge in [0, 0.05) is 12.2 Å². The molecule has 0 bridgehead atoms. The van der Waals surface area contributed by atoms with E-state index in [1.54, 1.807) is 24.4 Å². The lowest BCUT2D eigenvalue weighted by Crippen LogP contribution is -2.38. The third-order valence-electron chi connectivity index (χ3n) is 3.06. The van der Waals surface area contributed by atoms with Gasteiger partial charge in [-0.05, 0) is 42.2 Å². The number of benzene rings is 1. The summed E-state index contributed by atoms with van der Waals surface area (Å²) in [6.45, 7) is 0. The third kappa shape index (κ3) is 3.66. The number of hydrogen-bond acceptors (Lipinski definition) is 4. The Morgan fingerprint density at radius 1 is 1.30 bits per heavy atom. The predicted octanol–water partition coefficient (Wildman–Crippen LogP) is 2.07. The molecule has 0 radical (unpaired) electrons. The quantitative estimate of drug-likeness (QED) is 0.583. The first kappa shape index (κ1) is 14.7. The average Bonchev–Trinajstić information content (AvgIpc) is 2.43. The van der Waals surface area contributed by atoms with Crippen molar-refractivity contribution in [1.82, 2.24) is 10.4 Å². The predicted molar refractivity (Wildman–Crippen MR) is 78.6 cm³/mol. The molecule has 4 nitrogen and oxygen atoms in total. The van der Waals surface area contributed by atoms with E-state index in [9.17, 15) is 4.39 Å². The number of halogens is 2. The second-order valence-electron chi connectivity index (χ2n) is 4.57. The summed E-state index contributed by atoms with van der Waals surface area (Å²) in [5, 5.41) is 0.117. The van der Waals surface area contributed by atoms with Crippen molar-refractivity contribution < 1.29 is 4.39 Å². The Balaban J connectivity index is 2.11. The van der Waals surface area contributed by atoms with Gasteiger partial charge in [-0.3, -0.25) is 11.3 Å². The largest absolute Gasteiger partial charge is 0.384 e. The van der Waals surface area contributed by atoms with Gasteiger partial charge in [0.1, 0.15) is 11.6 Å². The molecule has 1 atom stereocenters. The van der Waals surface area contributed by atoms with Crippen LogP contribution < -0.4 is 17.0 Å². The van der Waals surface area contributed by atoms with Crippen molar-refractivity contribution in [1.29, 1.82) is 0 Å².